The summed E-state index contributed by atoms with van der Waals surface area (Å²) in [4.78, 5) is 64.4. The molecule has 0 spiro atoms. The van der Waals surface area contributed by atoms with Crippen LogP contribution >= 0.6 is 46.4 Å². The first-order valence-electron chi connectivity index (χ1n) is 19.6. The molecule has 0 radical (unpaired) electrons. The number of nitrogens with one attached hydrogen (secondary N) is 4. The maximum atomic E-state index is 12.8. The topological polar surface area (TPSA) is 234 Å². The van der Waals surface area contributed by atoms with Crippen LogP contribution < -0.4 is 10.6 Å². The fourth-order valence-corrected chi connectivity index (χ4v) is 7.85. The Bertz CT molecular complexity index is 2290. The largest absolute Gasteiger partial charge is 0.444 e. The van der Waals surface area contributed by atoms with E-state index in [1.807, 2.05) is 20.8 Å². The summed E-state index contributed by atoms with van der Waals surface area (Å²) < 4.78 is 31.3. The number of aromatic nitrogens is 4. The SMILES string of the molecule is CC(C)(C)OC(=O)N1CCC(NC(=O)c2[nH]ncc2CC(=O)c2c(Cl)cccc2Cl)CC1.CS(=O)(=O)O.O=C(NC1CCCCC1)c1[nH]ncc1CC(=O)c1c(Cl)cccc1Cl. The number of nitrogens with zero attached hydrogens (tertiary/aromatic N) is 3. The second-order valence-corrected chi connectivity index (χ2v) is 18.8. The van der Waals surface area contributed by atoms with Crippen molar-refractivity contribution in [2.75, 3.05) is 19.3 Å². The van der Waals surface area contributed by atoms with E-state index in [2.05, 4.69) is 31.0 Å². The molecule has 4 aromatic rings. The summed E-state index contributed by atoms with van der Waals surface area (Å²) in [6, 6.07) is 9.84. The third kappa shape index (κ3) is 15.7. The number of hydrogen-bond acceptors (Lipinski definition) is 10. The van der Waals surface area contributed by atoms with Crippen LogP contribution in [0.4, 0.5) is 4.79 Å². The van der Waals surface area contributed by atoms with Gasteiger partial charge in [0.1, 0.15) is 17.0 Å². The van der Waals surface area contributed by atoms with Crippen LogP contribution in [0.3, 0.4) is 0 Å². The molecule has 2 fully saturated rings. The Hall–Kier alpha value is -4.52. The molecule has 1 saturated carbocycles. The number of ketones is 2. The zero-order chi connectivity index (χ0) is 45.8. The Kier molecular flexibility index (Phi) is 18.4. The molecule has 16 nitrogen and oxygen atoms in total. The average Bonchev–Trinajstić information content (AvgIpc) is 3.84. The summed E-state index contributed by atoms with van der Waals surface area (Å²) in [5.41, 5.74) is 1.47. The Labute approximate surface area is 379 Å². The lowest BCUT2D eigenvalue weighted by Gasteiger charge is -2.33. The van der Waals surface area contributed by atoms with Gasteiger partial charge in [-0.1, -0.05) is 77.8 Å². The van der Waals surface area contributed by atoms with E-state index < -0.39 is 15.7 Å². The first kappa shape index (κ1) is 50.1. The fourth-order valence-electron chi connectivity index (χ4n) is 6.63. The second kappa shape index (κ2) is 22.7. The lowest BCUT2D eigenvalue weighted by atomic mass is 9.95. The highest BCUT2D eigenvalue weighted by molar-refractivity contribution is 7.85. The molecule has 3 amide bonds. The van der Waals surface area contributed by atoms with Crippen LogP contribution in [-0.4, -0.2) is 105 Å². The number of halogens is 4. The minimum Gasteiger partial charge on any atom is -0.444 e. The van der Waals surface area contributed by atoms with Crippen molar-refractivity contribution in [3.63, 3.8) is 0 Å². The predicted molar refractivity (Wildman–Crippen MR) is 236 cm³/mol. The molecule has 0 atom stereocenters. The van der Waals surface area contributed by atoms with Gasteiger partial charge in [-0.15, -0.1) is 0 Å². The van der Waals surface area contributed by atoms with Gasteiger partial charge in [0.15, 0.2) is 11.6 Å². The maximum absolute atomic E-state index is 12.8. The molecule has 1 aliphatic heterocycles. The number of Topliss-reactive ketones (excluding diaryl/α,β-unsaturated/α-hetero) is 2. The normalized spacial score (nSPS) is 14.7. The molecule has 21 heteroatoms. The molecular formula is C41H49Cl4N7O9S. The van der Waals surface area contributed by atoms with E-state index in [4.69, 9.17) is 55.7 Å². The Morgan fingerprint density at radius 3 is 1.47 bits per heavy atom. The van der Waals surface area contributed by atoms with E-state index in [1.165, 1.54) is 18.8 Å². The van der Waals surface area contributed by atoms with E-state index >= 15 is 0 Å². The summed E-state index contributed by atoms with van der Waals surface area (Å²) in [6.45, 7) is 6.44. The minimum absolute atomic E-state index is 0.00731. The van der Waals surface area contributed by atoms with Gasteiger partial charge in [0, 0.05) is 49.1 Å². The molecule has 3 heterocycles. The van der Waals surface area contributed by atoms with Crippen LogP contribution in [0.2, 0.25) is 20.1 Å². The number of hydrogen-bond donors (Lipinski definition) is 5. The number of amides is 3. The zero-order valence-electron chi connectivity index (χ0n) is 34.5. The molecule has 1 saturated heterocycles. The van der Waals surface area contributed by atoms with Crippen molar-refractivity contribution >= 4 is 86.0 Å². The van der Waals surface area contributed by atoms with E-state index in [0.717, 1.165) is 25.7 Å². The molecule has 62 heavy (non-hydrogen) atoms. The van der Waals surface area contributed by atoms with Gasteiger partial charge in [-0.3, -0.25) is 33.9 Å². The second-order valence-electron chi connectivity index (χ2n) is 15.7. The van der Waals surface area contributed by atoms with Crippen LogP contribution in [-0.2, 0) is 27.7 Å². The number of ether oxygens (including phenoxy) is 1. The molecule has 0 unspecified atom stereocenters. The number of likely N-dealkylation sites (tertiary alicyclic amines) is 1. The summed E-state index contributed by atoms with van der Waals surface area (Å²) >= 11 is 24.4. The van der Waals surface area contributed by atoms with Crippen molar-refractivity contribution in [2.45, 2.75) is 96.2 Å². The van der Waals surface area contributed by atoms with E-state index in [1.54, 1.807) is 41.3 Å². The van der Waals surface area contributed by atoms with Crippen molar-refractivity contribution in [3.8, 4) is 0 Å². The molecule has 5 N–H and O–H groups in total. The Balaban J connectivity index is 0.000000251. The summed E-state index contributed by atoms with van der Waals surface area (Å²) in [7, 11) is -3.67. The highest BCUT2D eigenvalue weighted by Gasteiger charge is 2.29. The smallest absolute Gasteiger partial charge is 0.410 e. The molecule has 1 aliphatic carbocycles. The third-order valence-electron chi connectivity index (χ3n) is 9.50. The van der Waals surface area contributed by atoms with E-state index in [0.29, 0.717) is 59.1 Å². The molecule has 336 valence electrons. The first-order chi connectivity index (χ1) is 29.1. The van der Waals surface area contributed by atoms with E-state index in [-0.39, 0.29) is 81.3 Å². The monoisotopic (exact) mass is 955 g/mol. The van der Waals surface area contributed by atoms with Gasteiger partial charge in [0.25, 0.3) is 21.9 Å². The van der Waals surface area contributed by atoms with Crippen LogP contribution in [0, 0.1) is 0 Å². The first-order valence-corrected chi connectivity index (χ1v) is 23.0. The molecular weight excluding hydrogens is 908 g/mol. The van der Waals surface area contributed by atoms with Crippen LogP contribution in [0.1, 0.15) is 119 Å². The maximum Gasteiger partial charge on any atom is 0.410 e. The fraction of sp³-hybridized carbons (Fsp3) is 0.439. The van der Waals surface area contributed by atoms with Gasteiger partial charge >= 0.3 is 6.09 Å². The number of aromatic amines is 2. The van der Waals surface area contributed by atoms with Crippen molar-refractivity contribution in [1.29, 1.82) is 0 Å². The molecule has 2 aromatic heterocycles. The van der Waals surface area contributed by atoms with Gasteiger partial charge < -0.3 is 20.3 Å². The van der Waals surface area contributed by atoms with Crippen molar-refractivity contribution < 1.29 is 41.7 Å². The number of carbonyl (C=O) groups is 5. The minimum atomic E-state index is -3.67. The number of rotatable bonds is 10. The lowest BCUT2D eigenvalue weighted by Crippen LogP contribution is -2.48. The molecule has 2 aromatic carbocycles. The van der Waals surface area contributed by atoms with Gasteiger partial charge in [0.05, 0.1) is 49.9 Å². The summed E-state index contributed by atoms with van der Waals surface area (Å²) in [5.74, 6) is -1.13. The van der Waals surface area contributed by atoms with Gasteiger partial charge in [-0.25, -0.2) is 4.79 Å². The van der Waals surface area contributed by atoms with Crippen LogP contribution in [0.25, 0.3) is 0 Å². The standard InChI is InChI=1S/C22H26Cl2N4O4.C18H19Cl2N3O2.CH4O3S/c1-22(2,3)32-21(31)28-9-7-14(8-10-28)26-20(30)19-13(12-25-27-19)11-17(29)18-15(23)5-4-6-16(18)24;19-13-7-4-8-14(20)16(13)15(24)9-11-10-21-23-17(11)18(25)22-12-5-2-1-3-6-12;1-5(2,3)4/h4-6,12,14H,7-11H2,1-3H3,(H,25,27)(H,26,30);4,7-8,10,12H,1-3,5-6,9H2,(H,21,23)(H,22,25);1H3,(H,2,3,4). The van der Waals surface area contributed by atoms with Crippen LogP contribution in [0.15, 0.2) is 48.8 Å². The number of benzene rings is 2. The van der Waals surface area contributed by atoms with Crippen molar-refractivity contribution in [2.24, 2.45) is 0 Å². The van der Waals surface area contributed by atoms with Gasteiger partial charge in [-0.2, -0.15) is 18.6 Å². The lowest BCUT2D eigenvalue weighted by molar-refractivity contribution is 0.0199. The number of carbonyl (C=O) groups excluding carboxylic acids is 5. The van der Waals surface area contributed by atoms with Crippen molar-refractivity contribution in [3.05, 3.63) is 103 Å². The average molecular weight is 958 g/mol. The summed E-state index contributed by atoms with van der Waals surface area (Å²) in [5, 5.41) is 20.3. The summed E-state index contributed by atoms with van der Waals surface area (Å²) in [6.07, 6.45) is 9.90. The van der Waals surface area contributed by atoms with Crippen molar-refractivity contribution in [1.82, 2.24) is 35.9 Å². The molecule has 6 rings (SSSR count). The zero-order valence-corrected chi connectivity index (χ0v) is 38.4. The number of H-pyrrole nitrogens is 2. The Morgan fingerprint density at radius 2 is 1.10 bits per heavy atom. The highest BCUT2D eigenvalue weighted by atomic mass is 35.5. The van der Waals surface area contributed by atoms with Crippen LogP contribution in [0.5, 0.6) is 0 Å². The Morgan fingerprint density at radius 1 is 0.726 bits per heavy atom. The van der Waals surface area contributed by atoms with E-state index in [9.17, 15) is 32.4 Å². The molecule has 2 aliphatic rings. The van der Waals surface area contributed by atoms with Gasteiger partial charge in [-0.05, 0) is 70.7 Å². The molecule has 0 bridgehead atoms. The predicted octanol–water partition coefficient (Wildman–Crippen LogP) is 7.98. The number of piperidine rings is 1. The quantitative estimate of drug-likeness (QED) is 0.0755. The third-order valence-corrected chi connectivity index (χ3v) is 10.8. The van der Waals surface area contributed by atoms with Gasteiger partial charge in [0.2, 0.25) is 0 Å². The highest BCUT2D eigenvalue weighted by Crippen LogP contribution is 2.28.